The van der Waals surface area contributed by atoms with Crippen molar-refractivity contribution in [1.29, 1.82) is 0 Å². The van der Waals surface area contributed by atoms with Gasteiger partial charge in [0.15, 0.2) is 0 Å². The molecule has 0 aliphatic carbocycles. The maximum Gasteiger partial charge on any atom is 0.138 e. The molecule has 2 aromatic heterocycles. The van der Waals surface area contributed by atoms with Crippen LogP contribution in [0.2, 0.25) is 5.15 Å². The minimum Gasteiger partial charge on any atom is -0.369 e. The summed E-state index contributed by atoms with van der Waals surface area (Å²) in [6, 6.07) is 0. The van der Waals surface area contributed by atoms with Crippen LogP contribution < -0.4 is 5.32 Å². The Hall–Kier alpha value is -1.69. The molecule has 0 aliphatic rings. The number of anilines is 1. The van der Waals surface area contributed by atoms with Crippen LogP contribution in [0.3, 0.4) is 0 Å². The number of nitrogens with one attached hydrogen (secondary N) is 1. The lowest BCUT2D eigenvalue weighted by molar-refractivity contribution is 0.783. The third-order valence-corrected chi connectivity index (χ3v) is 3.16. The van der Waals surface area contributed by atoms with E-state index in [9.17, 15) is 0 Å². The number of rotatable bonds is 5. The molecule has 2 aromatic rings. The molecule has 2 rings (SSSR count). The first kappa shape index (κ1) is 13.7. The first-order chi connectivity index (χ1) is 9.09. The standard InChI is InChI=1S/C12H17ClN6/c1-8(2)10-11(13)15-6-16-12(10)14-5-4-9-18-17-7-19(9)3/h6-8H,4-5H2,1-3H3,(H,14,15,16). The van der Waals surface area contributed by atoms with Gasteiger partial charge in [-0.3, -0.25) is 0 Å². The molecule has 0 radical (unpaired) electrons. The molecule has 0 saturated heterocycles. The highest BCUT2D eigenvalue weighted by Crippen LogP contribution is 2.27. The van der Waals surface area contributed by atoms with Crippen LogP contribution in [0.25, 0.3) is 0 Å². The van der Waals surface area contributed by atoms with Crippen LogP contribution in [0.1, 0.15) is 31.2 Å². The third kappa shape index (κ3) is 3.20. The molecule has 0 amide bonds. The number of halogens is 1. The quantitative estimate of drug-likeness (QED) is 0.849. The number of hydrogen-bond acceptors (Lipinski definition) is 5. The van der Waals surface area contributed by atoms with E-state index >= 15 is 0 Å². The molecule has 0 bridgehead atoms. The van der Waals surface area contributed by atoms with E-state index < -0.39 is 0 Å². The number of aromatic nitrogens is 5. The average molecular weight is 281 g/mol. The Morgan fingerprint density at radius 1 is 1.37 bits per heavy atom. The average Bonchev–Trinajstić information content (AvgIpc) is 2.75. The molecule has 0 saturated carbocycles. The van der Waals surface area contributed by atoms with Gasteiger partial charge in [0.25, 0.3) is 0 Å². The Balaban J connectivity index is 2.04. The van der Waals surface area contributed by atoms with Crippen molar-refractivity contribution >= 4 is 17.4 Å². The van der Waals surface area contributed by atoms with Crippen molar-refractivity contribution in [2.24, 2.45) is 7.05 Å². The van der Waals surface area contributed by atoms with Gasteiger partial charge in [-0.15, -0.1) is 10.2 Å². The fourth-order valence-corrected chi connectivity index (χ4v) is 2.20. The molecule has 0 aliphatic heterocycles. The second-order valence-corrected chi connectivity index (χ2v) is 4.97. The summed E-state index contributed by atoms with van der Waals surface area (Å²) in [7, 11) is 1.93. The van der Waals surface area contributed by atoms with Crippen molar-refractivity contribution in [1.82, 2.24) is 24.7 Å². The van der Waals surface area contributed by atoms with Crippen molar-refractivity contribution in [3.05, 3.63) is 29.2 Å². The van der Waals surface area contributed by atoms with E-state index in [1.807, 2.05) is 11.6 Å². The van der Waals surface area contributed by atoms with E-state index in [0.717, 1.165) is 30.2 Å². The van der Waals surface area contributed by atoms with E-state index in [-0.39, 0.29) is 5.92 Å². The summed E-state index contributed by atoms with van der Waals surface area (Å²) < 4.78 is 1.90. The van der Waals surface area contributed by atoms with Crippen molar-refractivity contribution in [3.8, 4) is 0 Å². The van der Waals surface area contributed by atoms with E-state index in [1.54, 1.807) is 6.33 Å². The molecule has 0 atom stereocenters. The number of nitrogens with zero attached hydrogens (tertiary/aromatic N) is 5. The van der Waals surface area contributed by atoms with E-state index in [1.165, 1.54) is 6.33 Å². The first-order valence-electron chi connectivity index (χ1n) is 6.16. The summed E-state index contributed by atoms with van der Waals surface area (Å²) in [5.41, 5.74) is 0.946. The molecule has 0 aromatic carbocycles. The Labute approximate surface area is 117 Å². The van der Waals surface area contributed by atoms with Crippen molar-refractivity contribution < 1.29 is 0 Å². The Morgan fingerprint density at radius 3 is 2.79 bits per heavy atom. The van der Waals surface area contributed by atoms with Crippen molar-refractivity contribution in [2.75, 3.05) is 11.9 Å². The van der Waals surface area contributed by atoms with Gasteiger partial charge in [-0.05, 0) is 5.92 Å². The predicted octanol–water partition coefficient (Wildman–Crippen LogP) is 2.04. The van der Waals surface area contributed by atoms with E-state index in [0.29, 0.717) is 5.15 Å². The number of aryl methyl sites for hydroxylation is 1. The molecule has 2 heterocycles. The van der Waals surface area contributed by atoms with E-state index in [4.69, 9.17) is 11.6 Å². The van der Waals surface area contributed by atoms with Crippen LogP contribution in [0, 0.1) is 0 Å². The number of hydrogen-bond donors (Lipinski definition) is 1. The molecule has 19 heavy (non-hydrogen) atoms. The highest BCUT2D eigenvalue weighted by atomic mass is 35.5. The smallest absolute Gasteiger partial charge is 0.138 e. The van der Waals surface area contributed by atoms with Crippen LogP contribution in [-0.2, 0) is 13.5 Å². The predicted molar refractivity (Wildman–Crippen MR) is 74.3 cm³/mol. The highest BCUT2D eigenvalue weighted by Gasteiger charge is 2.13. The van der Waals surface area contributed by atoms with E-state index in [2.05, 4.69) is 39.3 Å². The van der Waals surface area contributed by atoms with Crippen molar-refractivity contribution in [3.63, 3.8) is 0 Å². The molecule has 6 nitrogen and oxygen atoms in total. The fourth-order valence-electron chi connectivity index (χ4n) is 1.85. The summed E-state index contributed by atoms with van der Waals surface area (Å²) in [6.45, 7) is 4.86. The molecule has 0 unspecified atom stereocenters. The van der Waals surface area contributed by atoms with Crippen LogP contribution >= 0.6 is 11.6 Å². The van der Waals surface area contributed by atoms with Gasteiger partial charge in [-0.2, -0.15) is 0 Å². The van der Waals surface area contributed by atoms with Crippen LogP contribution in [-0.4, -0.2) is 31.3 Å². The summed E-state index contributed by atoms with van der Waals surface area (Å²) in [4.78, 5) is 8.27. The topological polar surface area (TPSA) is 68.5 Å². The summed E-state index contributed by atoms with van der Waals surface area (Å²) >= 11 is 6.11. The lowest BCUT2D eigenvalue weighted by Gasteiger charge is -2.14. The summed E-state index contributed by atoms with van der Waals surface area (Å²) in [6.07, 6.45) is 3.94. The first-order valence-corrected chi connectivity index (χ1v) is 6.54. The lowest BCUT2D eigenvalue weighted by Crippen LogP contribution is -2.12. The van der Waals surface area contributed by atoms with Crippen LogP contribution in [0.15, 0.2) is 12.7 Å². The largest absolute Gasteiger partial charge is 0.369 e. The zero-order valence-corrected chi connectivity index (χ0v) is 12.0. The molecule has 7 heteroatoms. The van der Waals surface area contributed by atoms with Gasteiger partial charge in [0, 0.05) is 25.6 Å². The lowest BCUT2D eigenvalue weighted by atomic mass is 10.1. The van der Waals surface area contributed by atoms with Gasteiger partial charge in [-0.1, -0.05) is 25.4 Å². The monoisotopic (exact) mass is 280 g/mol. The van der Waals surface area contributed by atoms with Gasteiger partial charge >= 0.3 is 0 Å². The molecular formula is C12H17ClN6. The fraction of sp³-hybridized carbons (Fsp3) is 0.500. The second-order valence-electron chi connectivity index (χ2n) is 4.62. The van der Waals surface area contributed by atoms with Crippen molar-refractivity contribution in [2.45, 2.75) is 26.2 Å². The van der Waals surface area contributed by atoms with Gasteiger partial charge < -0.3 is 9.88 Å². The molecule has 102 valence electrons. The normalized spacial score (nSPS) is 11.0. The minimum atomic E-state index is 0.269. The minimum absolute atomic E-state index is 0.269. The van der Waals surface area contributed by atoms with Gasteiger partial charge in [0.05, 0.1) is 0 Å². The van der Waals surface area contributed by atoms with Gasteiger partial charge in [0.2, 0.25) is 0 Å². The maximum absolute atomic E-state index is 6.11. The molecule has 1 N–H and O–H groups in total. The zero-order chi connectivity index (χ0) is 13.8. The maximum atomic E-state index is 6.11. The molecular weight excluding hydrogens is 264 g/mol. The Morgan fingerprint density at radius 2 is 2.16 bits per heavy atom. The summed E-state index contributed by atoms with van der Waals surface area (Å²) in [5.74, 6) is 1.99. The summed E-state index contributed by atoms with van der Waals surface area (Å²) in [5, 5.41) is 11.7. The molecule has 0 spiro atoms. The van der Waals surface area contributed by atoms with Gasteiger partial charge in [0.1, 0.15) is 29.5 Å². The zero-order valence-electron chi connectivity index (χ0n) is 11.3. The van der Waals surface area contributed by atoms with Crippen LogP contribution in [0.4, 0.5) is 5.82 Å². The molecule has 0 fully saturated rings. The third-order valence-electron chi connectivity index (χ3n) is 2.86. The second kappa shape index (κ2) is 5.97. The SMILES string of the molecule is CC(C)c1c(Cl)ncnc1NCCc1nncn1C. The Bertz CT molecular complexity index is 551. The van der Waals surface area contributed by atoms with Crippen LogP contribution in [0.5, 0.6) is 0 Å². The highest BCUT2D eigenvalue weighted by molar-refractivity contribution is 6.30. The Kier molecular flexibility index (Phi) is 4.31. The van der Waals surface area contributed by atoms with Gasteiger partial charge in [-0.25, -0.2) is 9.97 Å².